The Kier molecular flexibility index (Phi) is 12.6. The van der Waals surface area contributed by atoms with Crippen LogP contribution in [0.25, 0.3) is 0 Å². The number of hydrogen-bond acceptors (Lipinski definition) is 5. The molecule has 6 N–H and O–H groups in total. The Morgan fingerprint density at radius 1 is 1.08 bits per heavy atom. The molecular weight excluding hydrogens is 342 g/mol. The zero-order valence-corrected chi connectivity index (χ0v) is 16.1. The predicted octanol–water partition coefficient (Wildman–Crippen LogP) is 0.424. The summed E-state index contributed by atoms with van der Waals surface area (Å²) in [5.74, 6) is -0.00574. The maximum atomic E-state index is 12.2. The minimum atomic E-state index is -0.278. The molecule has 9 heteroatoms. The van der Waals surface area contributed by atoms with Crippen LogP contribution in [0, 0.1) is 17.2 Å². The lowest BCUT2D eigenvalue weighted by Gasteiger charge is -2.17. The first-order valence-corrected chi connectivity index (χ1v) is 9.46. The van der Waals surface area contributed by atoms with Crippen LogP contribution in [0.1, 0.15) is 40.0 Å². The number of amides is 2. The van der Waals surface area contributed by atoms with Gasteiger partial charge in [-0.3, -0.25) is 19.8 Å². The van der Waals surface area contributed by atoms with E-state index in [4.69, 9.17) is 11.1 Å². The number of unbranched alkanes of at least 4 members (excludes halogenated alkanes) is 1. The summed E-state index contributed by atoms with van der Waals surface area (Å²) in [6, 6.07) is 0. The molecule has 0 aromatic heterocycles. The Hall–Kier alpha value is -1.77. The van der Waals surface area contributed by atoms with E-state index in [1.54, 1.807) is 0 Å². The van der Waals surface area contributed by atoms with Gasteiger partial charge in [0.1, 0.15) is 0 Å². The van der Waals surface area contributed by atoms with E-state index in [1.165, 1.54) is 6.92 Å². The molecule has 8 nitrogen and oxygen atoms in total. The van der Waals surface area contributed by atoms with E-state index in [9.17, 15) is 14.4 Å². The lowest BCUT2D eigenvalue weighted by Crippen LogP contribution is -2.41. The summed E-state index contributed by atoms with van der Waals surface area (Å²) in [7, 11) is 0. The molecule has 1 unspecified atom stereocenters. The lowest BCUT2D eigenvalue weighted by atomic mass is 9.98. The maximum absolute atomic E-state index is 12.2. The van der Waals surface area contributed by atoms with Crippen molar-refractivity contribution in [3.63, 3.8) is 0 Å². The van der Waals surface area contributed by atoms with Crippen molar-refractivity contribution < 1.29 is 14.4 Å². The summed E-state index contributed by atoms with van der Waals surface area (Å²) in [4.78, 5) is 35.1. The van der Waals surface area contributed by atoms with Gasteiger partial charge in [-0.2, -0.15) is 0 Å². The van der Waals surface area contributed by atoms with Crippen LogP contribution in [0.3, 0.4) is 0 Å². The summed E-state index contributed by atoms with van der Waals surface area (Å²) >= 11 is 1.14. The average Bonchev–Trinajstić information content (AvgIpc) is 2.51. The maximum Gasteiger partial charge on any atom is 0.239 e. The van der Waals surface area contributed by atoms with Crippen LogP contribution >= 0.6 is 11.8 Å². The van der Waals surface area contributed by atoms with E-state index in [-0.39, 0.29) is 35.4 Å². The molecule has 25 heavy (non-hydrogen) atoms. The van der Waals surface area contributed by atoms with Crippen LogP contribution in [0.4, 0.5) is 0 Å². The molecule has 0 aliphatic rings. The highest BCUT2D eigenvalue weighted by molar-refractivity contribution is 8.13. The zero-order valence-electron chi connectivity index (χ0n) is 15.3. The number of carbonyl (C=O) groups excluding carboxylic acids is 3. The zero-order chi connectivity index (χ0) is 19.2. The van der Waals surface area contributed by atoms with Gasteiger partial charge in [0, 0.05) is 31.7 Å². The third-order valence-electron chi connectivity index (χ3n) is 3.28. The Bertz CT molecular complexity index is 457. The van der Waals surface area contributed by atoms with Gasteiger partial charge in [-0.15, -0.1) is 0 Å². The van der Waals surface area contributed by atoms with E-state index < -0.39 is 0 Å². The molecule has 0 aliphatic heterocycles. The topological polar surface area (TPSA) is 137 Å². The van der Waals surface area contributed by atoms with Gasteiger partial charge in [0.25, 0.3) is 0 Å². The fourth-order valence-corrected chi connectivity index (χ4v) is 2.84. The van der Waals surface area contributed by atoms with Crippen LogP contribution in [-0.4, -0.2) is 48.3 Å². The summed E-state index contributed by atoms with van der Waals surface area (Å²) in [6.07, 6.45) is 2.22. The Morgan fingerprint density at radius 3 is 2.20 bits per heavy atom. The normalized spacial score (nSPS) is 11.7. The Balaban J connectivity index is 4.02. The lowest BCUT2D eigenvalue weighted by molar-refractivity contribution is -0.128. The molecule has 0 bridgehead atoms. The SMILES string of the molecule is CC(=O)SCC(CC(C)C)C(=O)NCC(=O)NCCCCNC(=N)N. The third kappa shape index (κ3) is 14.3. The van der Waals surface area contributed by atoms with Crippen molar-refractivity contribution in [1.82, 2.24) is 16.0 Å². The second-order valence-electron chi connectivity index (χ2n) is 6.24. The van der Waals surface area contributed by atoms with Crippen LogP contribution in [0.2, 0.25) is 0 Å². The van der Waals surface area contributed by atoms with Crippen LogP contribution in [0.5, 0.6) is 0 Å². The average molecular weight is 374 g/mol. The second-order valence-corrected chi connectivity index (χ2v) is 7.44. The van der Waals surface area contributed by atoms with Crippen LogP contribution in [-0.2, 0) is 14.4 Å². The number of carbonyl (C=O) groups is 3. The predicted molar refractivity (Wildman–Crippen MR) is 101 cm³/mol. The fourth-order valence-electron chi connectivity index (χ4n) is 2.11. The number of hydrogen-bond donors (Lipinski definition) is 5. The summed E-state index contributed by atoms with van der Waals surface area (Å²) in [5.41, 5.74) is 5.16. The molecule has 0 aromatic carbocycles. The highest BCUT2D eigenvalue weighted by Gasteiger charge is 2.21. The summed E-state index contributed by atoms with van der Waals surface area (Å²) in [5, 5.41) is 15.1. The Morgan fingerprint density at radius 2 is 1.68 bits per heavy atom. The van der Waals surface area contributed by atoms with Crippen molar-refractivity contribution in [3.05, 3.63) is 0 Å². The van der Waals surface area contributed by atoms with Gasteiger partial charge in [-0.25, -0.2) is 0 Å². The number of rotatable bonds is 12. The third-order valence-corrected chi connectivity index (χ3v) is 4.25. The van der Waals surface area contributed by atoms with Crippen LogP contribution in [0.15, 0.2) is 0 Å². The molecule has 2 amide bonds. The van der Waals surface area contributed by atoms with Gasteiger partial charge < -0.3 is 21.7 Å². The van der Waals surface area contributed by atoms with Gasteiger partial charge >= 0.3 is 0 Å². The van der Waals surface area contributed by atoms with Gasteiger partial charge in [-0.05, 0) is 25.2 Å². The molecule has 144 valence electrons. The van der Waals surface area contributed by atoms with Gasteiger partial charge in [-0.1, -0.05) is 25.6 Å². The molecule has 0 heterocycles. The van der Waals surface area contributed by atoms with Crippen molar-refractivity contribution in [1.29, 1.82) is 5.41 Å². The van der Waals surface area contributed by atoms with E-state index in [0.29, 0.717) is 31.2 Å². The van der Waals surface area contributed by atoms with Crippen molar-refractivity contribution >= 4 is 34.7 Å². The van der Waals surface area contributed by atoms with Gasteiger partial charge in [0.2, 0.25) is 11.8 Å². The minimum absolute atomic E-state index is 0.0152. The van der Waals surface area contributed by atoms with E-state index >= 15 is 0 Å². The molecule has 0 fully saturated rings. The molecule has 0 spiro atoms. The van der Waals surface area contributed by atoms with Crippen LogP contribution < -0.4 is 21.7 Å². The molecule has 0 saturated carbocycles. The smallest absolute Gasteiger partial charge is 0.239 e. The molecule has 0 radical (unpaired) electrons. The monoisotopic (exact) mass is 373 g/mol. The first-order chi connectivity index (χ1) is 11.7. The molecule has 0 aliphatic carbocycles. The molecule has 1 atom stereocenters. The molecular formula is C16H31N5O3S. The summed E-state index contributed by atoms with van der Waals surface area (Å²) in [6.45, 7) is 6.55. The minimum Gasteiger partial charge on any atom is -0.370 e. The first-order valence-electron chi connectivity index (χ1n) is 8.48. The number of thioether (sulfide) groups is 1. The largest absolute Gasteiger partial charge is 0.370 e. The molecule has 0 aromatic rings. The van der Waals surface area contributed by atoms with Crippen molar-refractivity contribution in [2.24, 2.45) is 17.6 Å². The molecule has 0 saturated heterocycles. The highest BCUT2D eigenvalue weighted by atomic mass is 32.2. The number of guanidine groups is 1. The summed E-state index contributed by atoms with van der Waals surface area (Å²) < 4.78 is 0. The second kappa shape index (κ2) is 13.5. The Labute approximate surface area is 153 Å². The van der Waals surface area contributed by atoms with Crippen molar-refractivity contribution in [2.75, 3.05) is 25.4 Å². The number of nitrogens with one attached hydrogen (secondary N) is 4. The van der Waals surface area contributed by atoms with Crippen molar-refractivity contribution in [2.45, 2.75) is 40.0 Å². The fraction of sp³-hybridized carbons (Fsp3) is 0.750. The number of nitrogens with two attached hydrogens (primary N) is 1. The molecule has 0 rings (SSSR count). The van der Waals surface area contributed by atoms with Gasteiger partial charge in [0.05, 0.1) is 6.54 Å². The first kappa shape index (κ1) is 23.2. The van der Waals surface area contributed by atoms with Gasteiger partial charge in [0.15, 0.2) is 11.1 Å². The van der Waals surface area contributed by atoms with E-state index in [0.717, 1.165) is 24.6 Å². The quantitative estimate of drug-likeness (QED) is 0.191. The van der Waals surface area contributed by atoms with E-state index in [2.05, 4.69) is 16.0 Å². The van der Waals surface area contributed by atoms with Crippen molar-refractivity contribution in [3.8, 4) is 0 Å². The highest BCUT2D eigenvalue weighted by Crippen LogP contribution is 2.18. The standard InChI is InChI=1S/C16H31N5O3S/c1-11(2)8-13(10-25-12(3)22)15(24)21-9-14(23)19-6-4-5-7-20-16(17)18/h11,13H,4-10H2,1-3H3,(H,19,23)(H,21,24)(H4,17,18,20). The van der Waals surface area contributed by atoms with E-state index in [1.807, 2.05) is 13.8 Å².